The molecule has 0 radical (unpaired) electrons. The van der Waals surface area contributed by atoms with E-state index < -0.39 is 0 Å². The van der Waals surface area contributed by atoms with Gasteiger partial charge in [0.1, 0.15) is 11.0 Å². The van der Waals surface area contributed by atoms with Crippen molar-refractivity contribution in [1.29, 1.82) is 0 Å². The summed E-state index contributed by atoms with van der Waals surface area (Å²) in [6, 6.07) is 0.629. The van der Waals surface area contributed by atoms with Crippen molar-refractivity contribution in [3.05, 3.63) is 17.2 Å². The third-order valence-corrected chi connectivity index (χ3v) is 3.91. The fourth-order valence-corrected chi connectivity index (χ4v) is 2.63. The average Bonchev–Trinajstić information content (AvgIpc) is 2.64. The first kappa shape index (κ1) is 12.9. The number of hydrogen-bond acceptors (Lipinski definition) is 3. The van der Waals surface area contributed by atoms with Crippen LogP contribution in [0.25, 0.3) is 0 Å². The molecule has 2 heterocycles. The highest BCUT2D eigenvalue weighted by atomic mass is 35.5. The predicted octanol–water partition coefficient (Wildman–Crippen LogP) is 1.65. The SMILES string of the molecule is CNCC1CCCCN1Cc1ncc(Cl)n1C. The van der Waals surface area contributed by atoms with Crippen molar-refractivity contribution in [2.75, 3.05) is 20.1 Å². The number of aromatic nitrogens is 2. The van der Waals surface area contributed by atoms with E-state index in [0.29, 0.717) is 11.2 Å². The van der Waals surface area contributed by atoms with Crippen LogP contribution in [0.5, 0.6) is 0 Å². The van der Waals surface area contributed by atoms with E-state index in [0.717, 1.165) is 25.5 Å². The summed E-state index contributed by atoms with van der Waals surface area (Å²) in [7, 11) is 3.99. The van der Waals surface area contributed by atoms with E-state index in [1.54, 1.807) is 6.20 Å². The monoisotopic (exact) mass is 256 g/mol. The number of imidazole rings is 1. The Bertz CT molecular complexity index is 361. The second-order valence-corrected chi connectivity index (χ2v) is 5.12. The Morgan fingerprint density at radius 3 is 3.00 bits per heavy atom. The van der Waals surface area contributed by atoms with Crippen molar-refractivity contribution < 1.29 is 0 Å². The van der Waals surface area contributed by atoms with Gasteiger partial charge in [0, 0.05) is 19.6 Å². The van der Waals surface area contributed by atoms with Crippen LogP contribution in [0, 0.1) is 0 Å². The molecule has 17 heavy (non-hydrogen) atoms. The number of likely N-dealkylation sites (tertiary alicyclic amines) is 1. The van der Waals surface area contributed by atoms with Gasteiger partial charge >= 0.3 is 0 Å². The predicted molar refractivity (Wildman–Crippen MR) is 70.2 cm³/mol. The van der Waals surface area contributed by atoms with Gasteiger partial charge in [-0.2, -0.15) is 0 Å². The number of hydrogen-bond donors (Lipinski definition) is 1. The largest absolute Gasteiger partial charge is 0.321 e. The third-order valence-electron chi connectivity index (χ3n) is 3.56. The minimum absolute atomic E-state index is 0.629. The van der Waals surface area contributed by atoms with Crippen molar-refractivity contribution in [2.24, 2.45) is 7.05 Å². The van der Waals surface area contributed by atoms with Crippen LogP contribution in [0.2, 0.25) is 5.15 Å². The molecule has 1 fully saturated rings. The highest BCUT2D eigenvalue weighted by molar-refractivity contribution is 6.29. The zero-order chi connectivity index (χ0) is 12.3. The molecule has 96 valence electrons. The van der Waals surface area contributed by atoms with Gasteiger partial charge in [-0.25, -0.2) is 4.98 Å². The van der Waals surface area contributed by atoms with E-state index in [-0.39, 0.29) is 0 Å². The Morgan fingerprint density at radius 2 is 2.35 bits per heavy atom. The Labute approximate surface area is 108 Å². The Hall–Kier alpha value is -0.580. The molecule has 0 amide bonds. The van der Waals surface area contributed by atoms with Crippen molar-refractivity contribution in [2.45, 2.75) is 31.8 Å². The summed E-state index contributed by atoms with van der Waals surface area (Å²) in [4.78, 5) is 6.89. The molecule has 1 aliphatic heterocycles. The number of piperidine rings is 1. The van der Waals surface area contributed by atoms with Gasteiger partial charge in [-0.05, 0) is 26.4 Å². The number of nitrogens with one attached hydrogen (secondary N) is 1. The average molecular weight is 257 g/mol. The van der Waals surface area contributed by atoms with Gasteiger partial charge in [0.05, 0.1) is 12.7 Å². The molecule has 1 atom stereocenters. The molecule has 1 aliphatic rings. The van der Waals surface area contributed by atoms with E-state index in [2.05, 4.69) is 15.2 Å². The first-order valence-corrected chi connectivity index (χ1v) is 6.65. The Morgan fingerprint density at radius 1 is 1.53 bits per heavy atom. The van der Waals surface area contributed by atoms with Gasteiger partial charge in [0.15, 0.2) is 0 Å². The van der Waals surface area contributed by atoms with Gasteiger partial charge in [-0.15, -0.1) is 0 Å². The molecular weight excluding hydrogens is 236 g/mol. The molecule has 0 spiro atoms. The Balaban J connectivity index is 2.02. The standard InChI is InChI=1S/C12H21ClN4/c1-14-7-10-5-3-4-6-17(10)9-12-15-8-11(13)16(12)2/h8,10,14H,3-7,9H2,1-2H3. The quantitative estimate of drug-likeness (QED) is 0.889. The molecule has 1 N–H and O–H groups in total. The number of halogens is 1. The third kappa shape index (κ3) is 3.00. The van der Waals surface area contributed by atoms with Crippen molar-refractivity contribution >= 4 is 11.6 Å². The molecule has 0 saturated carbocycles. The van der Waals surface area contributed by atoms with Crippen molar-refractivity contribution in [3.63, 3.8) is 0 Å². The maximum absolute atomic E-state index is 6.01. The second kappa shape index (κ2) is 5.85. The molecule has 1 aromatic rings. The molecule has 0 bridgehead atoms. The first-order chi connectivity index (χ1) is 8.22. The first-order valence-electron chi connectivity index (χ1n) is 6.27. The molecular formula is C12H21ClN4. The fraction of sp³-hybridized carbons (Fsp3) is 0.750. The second-order valence-electron chi connectivity index (χ2n) is 4.73. The van der Waals surface area contributed by atoms with Crippen molar-refractivity contribution in [1.82, 2.24) is 19.8 Å². The van der Waals surface area contributed by atoms with Crippen LogP contribution >= 0.6 is 11.6 Å². The van der Waals surface area contributed by atoms with Crippen LogP contribution in [0.4, 0.5) is 0 Å². The minimum atomic E-state index is 0.629. The lowest BCUT2D eigenvalue weighted by Crippen LogP contribution is -2.44. The van der Waals surface area contributed by atoms with E-state index in [1.165, 1.54) is 19.3 Å². The Kier molecular flexibility index (Phi) is 4.42. The fourth-order valence-electron chi connectivity index (χ4n) is 2.49. The summed E-state index contributed by atoms with van der Waals surface area (Å²) in [5.74, 6) is 1.05. The van der Waals surface area contributed by atoms with Crippen LogP contribution in [0.1, 0.15) is 25.1 Å². The zero-order valence-electron chi connectivity index (χ0n) is 10.6. The lowest BCUT2D eigenvalue weighted by molar-refractivity contribution is 0.134. The highest BCUT2D eigenvalue weighted by Crippen LogP contribution is 2.19. The van der Waals surface area contributed by atoms with E-state index in [4.69, 9.17) is 11.6 Å². The molecule has 1 saturated heterocycles. The van der Waals surface area contributed by atoms with Crippen LogP contribution in [0.3, 0.4) is 0 Å². The molecule has 0 aromatic carbocycles. The summed E-state index contributed by atoms with van der Waals surface area (Å²) in [5.41, 5.74) is 0. The zero-order valence-corrected chi connectivity index (χ0v) is 11.4. The summed E-state index contributed by atoms with van der Waals surface area (Å²) in [6.07, 6.45) is 5.63. The van der Waals surface area contributed by atoms with Gasteiger partial charge in [0.25, 0.3) is 0 Å². The highest BCUT2D eigenvalue weighted by Gasteiger charge is 2.23. The summed E-state index contributed by atoms with van der Waals surface area (Å²) in [6.45, 7) is 3.12. The van der Waals surface area contributed by atoms with Gasteiger partial charge in [-0.3, -0.25) is 4.90 Å². The maximum atomic E-state index is 6.01. The van der Waals surface area contributed by atoms with Crippen LogP contribution in [0.15, 0.2) is 6.20 Å². The van der Waals surface area contributed by atoms with Crippen LogP contribution < -0.4 is 5.32 Å². The van der Waals surface area contributed by atoms with Crippen molar-refractivity contribution in [3.8, 4) is 0 Å². The van der Waals surface area contributed by atoms with E-state index >= 15 is 0 Å². The van der Waals surface area contributed by atoms with Crippen LogP contribution in [-0.4, -0.2) is 40.6 Å². The van der Waals surface area contributed by atoms with Gasteiger partial charge < -0.3 is 9.88 Å². The minimum Gasteiger partial charge on any atom is -0.321 e. The molecule has 2 rings (SSSR count). The van der Waals surface area contributed by atoms with Gasteiger partial charge in [0.2, 0.25) is 0 Å². The van der Waals surface area contributed by atoms with Gasteiger partial charge in [-0.1, -0.05) is 18.0 Å². The summed E-state index contributed by atoms with van der Waals surface area (Å²) in [5, 5.41) is 3.99. The number of nitrogens with zero attached hydrogens (tertiary/aromatic N) is 3. The van der Waals surface area contributed by atoms with E-state index in [9.17, 15) is 0 Å². The molecule has 1 aromatic heterocycles. The van der Waals surface area contributed by atoms with E-state index in [1.807, 2.05) is 18.7 Å². The molecule has 5 heteroatoms. The molecule has 4 nitrogen and oxygen atoms in total. The number of rotatable bonds is 4. The molecule has 0 aliphatic carbocycles. The number of likely N-dealkylation sites (N-methyl/N-ethyl adjacent to an activating group) is 1. The topological polar surface area (TPSA) is 33.1 Å². The maximum Gasteiger partial charge on any atom is 0.128 e. The summed E-state index contributed by atoms with van der Waals surface area (Å²) >= 11 is 6.01. The summed E-state index contributed by atoms with van der Waals surface area (Å²) < 4.78 is 1.96. The normalized spacial score (nSPS) is 21.9. The lowest BCUT2D eigenvalue weighted by Gasteiger charge is -2.35. The lowest BCUT2D eigenvalue weighted by atomic mass is 10.0. The smallest absolute Gasteiger partial charge is 0.128 e. The molecule has 1 unspecified atom stereocenters. The van der Waals surface area contributed by atoms with Crippen LogP contribution in [-0.2, 0) is 13.6 Å².